The van der Waals surface area contributed by atoms with Crippen LogP contribution in [0.15, 0.2) is 0 Å². The molecule has 0 radical (unpaired) electrons. The van der Waals surface area contributed by atoms with Crippen molar-refractivity contribution in [1.29, 1.82) is 5.26 Å². The summed E-state index contributed by atoms with van der Waals surface area (Å²) < 4.78 is 0. The van der Waals surface area contributed by atoms with Crippen molar-refractivity contribution in [1.82, 2.24) is 9.80 Å². The third kappa shape index (κ3) is 4.05. The molecule has 2 N–H and O–H groups in total. The molecule has 1 aliphatic heterocycles. The maximum atomic E-state index is 12.2. The van der Waals surface area contributed by atoms with Crippen molar-refractivity contribution in [2.75, 3.05) is 51.2 Å². The minimum Gasteiger partial charge on any atom is -0.395 e. The second kappa shape index (κ2) is 7.70. The number of nitrogens with one attached hydrogen (secondary N) is 1. The van der Waals surface area contributed by atoms with E-state index in [1.807, 2.05) is 13.8 Å². The lowest BCUT2D eigenvalue weighted by atomic mass is 10.2. The van der Waals surface area contributed by atoms with E-state index in [2.05, 4.69) is 21.2 Å². The highest BCUT2D eigenvalue weighted by Crippen LogP contribution is 2.31. The molecule has 0 saturated carbocycles. The maximum Gasteiger partial charge on any atom is 0.239 e. The fourth-order valence-corrected chi connectivity index (χ4v) is 3.56. The number of thiophene rings is 1. The van der Waals surface area contributed by atoms with Gasteiger partial charge in [-0.25, -0.2) is 0 Å². The third-order valence-corrected chi connectivity index (χ3v) is 5.12. The van der Waals surface area contributed by atoms with Gasteiger partial charge in [0.05, 0.1) is 18.7 Å². The molecule has 1 fully saturated rings. The first-order valence-corrected chi connectivity index (χ1v) is 8.22. The SMILES string of the molecule is Cc1sc(NC(=O)CN2CCN(CCO)CC2)c(C#N)c1C. The Kier molecular flexibility index (Phi) is 5.91. The van der Waals surface area contributed by atoms with Crippen LogP contribution in [-0.2, 0) is 4.79 Å². The molecule has 0 spiro atoms. The van der Waals surface area contributed by atoms with E-state index in [9.17, 15) is 10.1 Å². The number of β-amino-alcohol motifs (C(OH)–C–C–N with tert-alkyl or cyclic N) is 1. The molecule has 0 atom stereocenters. The molecule has 1 aromatic rings. The van der Waals surface area contributed by atoms with E-state index in [0.29, 0.717) is 23.7 Å². The van der Waals surface area contributed by atoms with Crippen LogP contribution in [0.25, 0.3) is 0 Å². The van der Waals surface area contributed by atoms with Crippen LogP contribution in [0.4, 0.5) is 5.00 Å². The fourth-order valence-electron chi connectivity index (χ4n) is 2.53. The summed E-state index contributed by atoms with van der Waals surface area (Å²) in [5.41, 5.74) is 1.52. The molecule has 0 bridgehead atoms. The summed E-state index contributed by atoms with van der Waals surface area (Å²) in [6, 6.07) is 2.17. The van der Waals surface area contributed by atoms with Gasteiger partial charge in [-0.1, -0.05) is 0 Å². The van der Waals surface area contributed by atoms with Crippen LogP contribution in [0.1, 0.15) is 16.0 Å². The van der Waals surface area contributed by atoms with E-state index in [-0.39, 0.29) is 12.5 Å². The molecule has 0 aromatic carbocycles. The standard InChI is InChI=1S/C15H22N4O2S/c1-11-12(2)22-15(13(11)9-16)17-14(21)10-19-5-3-18(4-6-19)7-8-20/h20H,3-8,10H2,1-2H3,(H,17,21). The van der Waals surface area contributed by atoms with Crippen LogP contribution in [0.5, 0.6) is 0 Å². The van der Waals surface area contributed by atoms with E-state index < -0.39 is 0 Å². The predicted molar refractivity (Wildman–Crippen MR) is 87.1 cm³/mol. The lowest BCUT2D eigenvalue weighted by Crippen LogP contribution is -2.49. The molecule has 2 rings (SSSR count). The lowest BCUT2D eigenvalue weighted by molar-refractivity contribution is -0.117. The number of aryl methyl sites for hydroxylation is 1. The molecule has 1 amide bonds. The molecule has 1 saturated heterocycles. The zero-order valence-electron chi connectivity index (χ0n) is 13.1. The number of aliphatic hydroxyl groups excluding tert-OH is 1. The van der Waals surface area contributed by atoms with E-state index >= 15 is 0 Å². The molecular weight excluding hydrogens is 300 g/mol. The average Bonchev–Trinajstić information content (AvgIpc) is 2.75. The van der Waals surface area contributed by atoms with Gasteiger partial charge in [0.25, 0.3) is 0 Å². The van der Waals surface area contributed by atoms with Gasteiger partial charge in [0, 0.05) is 37.6 Å². The lowest BCUT2D eigenvalue weighted by Gasteiger charge is -2.33. The maximum absolute atomic E-state index is 12.2. The third-order valence-electron chi connectivity index (χ3n) is 4.00. The summed E-state index contributed by atoms with van der Waals surface area (Å²) in [5, 5.41) is 21.6. The molecule has 7 heteroatoms. The Morgan fingerprint density at radius 1 is 1.32 bits per heavy atom. The van der Waals surface area contributed by atoms with Gasteiger partial charge in [0.15, 0.2) is 0 Å². The number of piperazine rings is 1. The minimum absolute atomic E-state index is 0.0756. The number of hydrogen-bond acceptors (Lipinski definition) is 6. The number of nitriles is 1. The quantitative estimate of drug-likeness (QED) is 0.838. The number of amides is 1. The van der Waals surface area contributed by atoms with Crippen molar-refractivity contribution < 1.29 is 9.90 Å². The first kappa shape index (κ1) is 16.9. The van der Waals surface area contributed by atoms with Crippen molar-refractivity contribution >= 4 is 22.2 Å². The summed E-state index contributed by atoms with van der Waals surface area (Å²) in [6.45, 7) is 8.45. The summed E-state index contributed by atoms with van der Waals surface area (Å²) in [7, 11) is 0. The van der Waals surface area contributed by atoms with Gasteiger partial charge in [-0.2, -0.15) is 5.26 Å². The Hall–Kier alpha value is -1.46. The van der Waals surface area contributed by atoms with Crippen LogP contribution in [0.3, 0.4) is 0 Å². The van der Waals surface area contributed by atoms with Crippen LogP contribution >= 0.6 is 11.3 Å². The van der Waals surface area contributed by atoms with E-state index in [1.54, 1.807) is 0 Å². The largest absolute Gasteiger partial charge is 0.395 e. The number of anilines is 1. The highest BCUT2D eigenvalue weighted by atomic mass is 32.1. The number of carbonyl (C=O) groups is 1. The highest BCUT2D eigenvalue weighted by molar-refractivity contribution is 7.16. The van der Waals surface area contributed by atoms with Crippen LogP contribution in [-0.4, -0.2) is 66.7 Å². The van der Waals surface area contributed by atoms with Crippen molar-refractivity contribution in [3.05, 3.63) is 16.0 Å². The zero-order chi connectivity index (χ0) is 16.1. The Morgan fingerprint density at radius 3 is 2.55 bits per heavy atom. The number of rotatable bonds is 5. The Labute approximate surface area is 134 Å². The topological polar surface area (TPSA) is 79.6 Å². The Balaban J connectivity index is 1.87. The summed E-state index contributed by atoms with van der Waals surface area (Å²) in [4.78, 5) is 17.5. The van der Waals surface area contributed by atoms with Crippen LogP contribution in [0.2, 0.25) is 0 Å². The first-order chi connectivity index (χ1) is 10.5. The Bertz CT molecular complexity index is 571. The fraction of sp³-hybridized carbons (Fsp3) is 0.600. The molecule has 2 heterocycles. The van der Waals surface area contributed by atoms with Crippen molar-refractivity contribution in [2.45, 2.75) is 13.8 Å². The first-order valence-electron chi connectivity index (χ1n) is 7.40. The molecule has 22 heavy (non-hydrogen) atoms. The predicted octanol–water partition coefficient (Wildman–Crippen LogP) is 0.785. The minimum atomic E-state index is -0.0756. The average molecular weight is 322 g/mol. The van der Waals surface area contributed by atoms with Gasteiger partial charge < -0.3 is 10.4 Å². The van der Waals surface area contributed by atoms with Crippen molar-refractivity contribution in [2.24, 2.45) is 0 Å². The van der Waals surface area contributed by atoms with Gasteiger partial charge in [-0.3, -0.25) is 14.6 Å². The highest BCUT2D eigenvalue weighted by Gasteiger charge is 2.20. The number of aliphatic hydroxyl groups is 1. The number of nitrogens with zero attached hydrogens (tertiary/aromatic N) is 3. The van der Waals surface area contributed by atoms with Gasteiger partial charge in [-0.15, -0.1) is 11.3 Å². The van der Waals surface area contributed by atoms with E-state index in [0.717, 1.165) is 36.6 Å². The van der Waals surface area contributed by atoms with Gasteiger partial charge >= 0.3 is 0 Å². The van der Waals surface area contributed by atoms with E-state index in [1.165, 1.54) is 11.3 Å². The molecular formula is C15H22N4O2S. The molecule has 1 aliphatic rings. The second-order valence-electron chi connectivity index (χ2n) is 5.49. The summed E-state index contributed by atoms with van der Waals surface area (Å²) in [5.74, 6) is -0.0756. The number of hydrogen-bond donors (Lipinski definition) is 2. The number of carbonyl (C=O) groups excluding carboxylic acids is 1. The van der Waals surface area contributed by atoms with Gasteiger partial charge in [-0.05, 0) is 19.4 Å². The Morgan fingerprint density at radius 2 is 1.95 bits per heavy atom. The summed E-state index contributed by atoms with van der Waals surface area (Å²) in [6.07, 6.45) is 0. The van der Waals surface area contributed by atoms with Gasteiger partial charge in [0.1, 0.15) is 11.1 Å². The smallest absolute Gasteiger partial charge is 0.239 e. The zero-order valence-corrected chi connectivity index (χ0v) is 13.9. The molecule has 1 aromatic heterocycles. The van der Waals surface area contributed by atoms with Crippen LogP contribution < -0.4 is 5.32 Å². The molecule has 0 aliphatic carbocycles. The van der Waals surface area contributed by atoms with Gasteiger partial charge in [0.2, 0.25) is 5.91 Å². The summed E-state index contributed by atoms with van der Waals surface area (Å²) >= 11 is 1.45. The van der Waals surface area contributed by atoms with Crippen LogP contribution in [0, 0.1) is 25.2 Å². The second-order valence-corrected chi connectivity index (χ2v) is 6.71. The molecule has 0 unspecified atom stereocenters. The monoisotopic (exact) mass is 322 g/mol. The molecule has 6 nitrogen and oxygen atoms in total. The normalized spacial score (nSPS) is 16.5. The molecule has 120 valence electrons. The van der Waals surface area contributed by atoms with Crippen molar-refractivity contribution in [3.63, 3.8) is 0 Å². The van der Waals surface area contributed by atoms with E-state index in [4.69, 9.17) is 5.11 Å². The van der Waals surface area contributed by atoms with Crippen molar-refractivity contribution in [3.8, 4) is 6.07 Å².